The van der Waals surface area contributed by atoms with Gasteiger partial charge in [0.05, 0.1) is 33.1 Å². The predicted octanol–water partition coefficient (Wildman–Crippen LogP) is 11.5. The molecule has 0 saturated carbocycles. The second kappa shape index (κ2) is 13.7. The van der Waals surface area contributed by atoms with E-state index in [0.29, 0.717) is 12.1 Å². The molecule has 0 saturated heterocycles. The zero-order chi connectivity index (χ0) is 34.8. The average Bonchev–Trinajstić information content (AvgIpc) is 3.01. The van der Waals surface area contributed by atoms with Gasteiger partial charge in [-0.15, -0.1) is 11.8 Å². The van der Waals surface area contributed by atoms with Crippen LogP contribution in [0.1, 0.15) is 59.4 Å². The van der Waals surface area contributed by atoms with Crippen LogP contribution in [-0.2, 0) is 12.4 Å². The van der Waals surface area contributed by atoms with Crippen LogP contribution in [0.4, 0.5) is 46.5 Å². The van der Waals surface area contributed by atoms with E-state index in [1.807, 2.05) is 0 Å². The lowest BCUT2D eigenvalue weighted by atomic mass is 9.94. The van der Waals surface area contributed by atoms with E-state index in [0.717, 1.165) is 60.3 Å². The Morgan fingerprint density at radius 3 is 1.26 bits per heavy atom. The third-order valence-electron chi connectivity index (χ3n) is 7.44. The molecule has 0 aliphatic carbocycles. The molecule has 0 N–H and O–H groups in total. The van der Waals surface area contributed by atoms with Crippen molar-refractivity contribution < 1.29 is 45.0 Å². The maximum Gasteiger partial charge on any atom is 0.417 e. The summed E-state index contributed by atoms with van der Waals surface area (Å²) in [6, 6.07) is 11.1. The highest BCUT2D eigenvalue weighted by atomic mass is 32.2. The van der Waals surface area contributed by atoms with Gasteiger partial charge in [0, 0.05) is 32.8 Å². The molecule has 4 rings (SSSR count). The van der Waals surface area contributed by atoms with Crippen LogP contribution >= 0.6 is 11.8 Å². The average molecular weight is 685 g/mol. The predicted molar refractivity (Wildman–Crippen MR) is 161 cm³/mol. The van der Waals surface area contributed by atoms with Crippen LogP contribution in [0.5, 0.6) is 0 Å². The molecule has 0 heterocycles. The summed E-state index contributed by atoms with van der Waals surface area (Å²) in [4.78, 5) is 22.2. The van der Waals surface area contributed by atoms with Gasteiger partial charge in [-0.1, -0.05) is 50.2 Å². The van der Waals surface area contributed by atoms with Gasteiger partial charge in [-0.2, -0.15) is 26.3 Å². The van der Waals surface area contributed by atoms with Gasteiger partial charge >= 0.3 is 12.4 Å². The minimum Gasteiger partial charge on any atom is -0.258 e. The zero-order valence-corrected chi connectivity index (χ0v) is 25.3. The molecule has 0 bridgehead atoms. The molecule has 15 heteroatoms. The summed E-state index contributed by atoms with van der Waals surface area (Å²) in [5, 5.41) is 22.1. The van der Waals surface area contributed by atoms with Crippen LogP contribution < -0.4 is 0 Å². The number of hydrogen-bond donors (Lipinski definition) is 0. The molecular formula is C32H24F8N2O4S. The van der Waals surface area contributed by atoms with Crippen molar-refractivity contribution in [2.45, 2.75) is 49.5 Å². The van der Waals surface area contributed by atoms with E-state index in [2.05, 4.69) is 0 Å². The summed E-state index contributed by atoms with van der Waals surface area (Å²) >= 11 is 0.900. The number of thioether (sulfide) groups is 1. The number of nitrogens with zero attached hydrogens (tertiary/aromatic N) is 2. The lowest BCUT2D eigenvalue weighted by Crippen LogP contribution is -2.10. The fourth-order valence-electron chi connectivity index (χ4n) is 5.31. The van der Waals surface area contributed by atoms with E-state index in [4.69, 9.17) is 0 Å². The third-order valence-corrected chi connectivity index (χ3v) is 9.27. The molecule has 0 radical (unpaired) electrons. The molecule has 0 spiro atoms. The number of benzene rings is 4. The van der Waals surface area contributed by atoms with E-state index in [1.54, 1.807) is 13.8 Å². The first-order valence-corrected chi connectivity index (χ1v) is 14.9. The molecule has 0 amide bonds. The van der Waals surface area contributed by atoms with Gasteiger partial charge in [0.15, 0.2) is 0 Å². The smallest absolute Gasteiger partial charge is 0.258 e. The summed E-state index contributed by atoms with van der Waals surface area (Å²) in [7, 11) is 0. The van der Waals surface area contributed by atoms with Gasteiger partial charge in [-0.25, -0.2) is 8.78 Å². The molecule has 4 aromatic rings. The Hall–Kier alpha value is -4.53. The lowest BCUT2D eigenvalue weighted by molar-refractivity contribution is -0.385. The second-order valence-electron chi connectivity index (χ2n) is 10.3. The summed E-state index contributed by atoms with van der Waals surface area (Å²) in [6.07, 6.45) is -9.65. The molecule has 0 aliphatic rings. The van der Waals surface area contributed by atoms with Crippen LogP contribution in [0.3, 0.4) is 0 Å². The fourth-order valence-corrected chi connectivity index (χ4v) is 6.76. The lowest BCUT2D eigenvalue weighted by Gasteiger charge is -2.24. The zero-order valence-electron chi connectivity index (χ0n) is 24.5. The highest BCUT2D eigenvalue weighted by molar-refractivity contribution is 7.99. The molecule has 0 aliphatic heterocycles. The first-order valence-electron chi connectivity index (χ1n) is 13.9. The van der Waals surface area contributed by atoms with Crippen LogP contribution in [0, 0.1) is 31.9 Å². The summed E-state index contributed by atoms with van der Waals surface area (Å²) in [5.41, 5.74) is -6.49. The fraction of sp³-hybridized carbons (Fsp3) is 0.250. The van der Waals surface area contributed by atoms with Crippen molar-refractivity contribution in [3.8, 4) is 22.3 Å². The number of rotatable bonds is 10. The number of hydrogen-bond acceptors (Lipinski definition) is 5. The van der Waals surface area contributed by atoms with Crippen molar-refractivity contribution in [3.63, 3.8) is 0 Å². The first kappa shape index (κ1) is 35.3. The quantitative estimate of drug-likeness (QED) is 0.0943. The van der Waals surface area contributed by atoms with E-state index in [-0.39, 0.29) is 24.0 Å². The summed E-state index contributed by atoms with van der Waals surface area (Å²) in [6.45, 7) is 3.15. The molecule has 0 aromatic heterocycles. The molecule has 4 aromatic carbocycles. The maximum absolute atomic E-state index is 15.2. The topological polar surface area (TPSA) is 86.3 Å². The van der Waals surface area contributed by atoms with Gasteiger partial charge < -0.3 is 0 Å². The van der Waals surface area contributed by atoms with Gasteiger partial charge in [0.25, 0.3) is 11.4 Å². The van der Waals surface area contributed by atoms with E-state index in [9.17, 15) is 46.6 Å². The Morgan fingerprint density at radius 1 is 0.617 bits per heavy atom. The standard InChI is InChI=1S/C32H24F8N2O4S/c1-3-29(21-13-19(25(33)15-27(21)41(43)44)17-9-5-7-11-23(17)31(35,36)37)47-30(4-2)22-14-20(26(34)16-28(22)42(45)46)18-10-6-8-12-24(18)32(38,39)40/h5-16,29-30H,3-4H2,1-2H3. The summed E-state index contributed by atoms with van der Waals surface area (Å²) < 4.78 is 113. The number of halogens is 8. The molecule has 2 atom stereocenters. The van der Waals surface area contributed by atoms with Crippen molar-refractivity contribution >= 4 is 23.1 Å². The largest absolute Gasteiger partial charge is 0.417 e. The first-order chi connectivity index (χ1) is 22.0. The number of nitro groups is 2. The van der Waals surface area contributed by atoms with Crippen LogP contribution in [0.25, 0.3) is 22.3 Å². The van der Waals surface area contributed by atoms with Crippen LogP contribution in [-0.4, -0.2) is 9.85 Å². The number of alkyl halides is 6. The Balaban J connectivity index is 1.89. The Bertz CT molecular complexity index is 1700. The highest BCUT2D eigenvalue weighted by Crippen LogP contribution is 2.51. The molecule has 2 unspecified atom stereocenters. The molecule has 0 fully saturated rings. The van der Waals surface area contributed by atoms with Crippen molar-refractivity contribution in [2.24, 2.45) is 0 Å². The van der Waals surface area contributed by atoms with Crippen LogP contribution in [0.2, 0.25) is 0 Å². The Kier molecular flexibility index (Phi) is 10.3. The van der Waals surface area contributed by atoms with Gasteiger partial charge in [-0.05, 0) is 48.2 Å². The van der Waals surface area contributed by atoms with Crippen molar-refractivity contribution in [1.82, 2.24) is 0 Å². The second-order valence-corrected chi connectivity index (χ2v) is 11.7. The number of nitro benzene ring substituents is 2. The monoisotopic (exact) mass is 684 g/mol. The Morgan fingerprint density at radius 2 is 0.957 bits per heavy atom. The normalized spacial score (nSPS) is 13.3. The van der Waals surface area contributed by atoms with Crippen molar-refractivity contribution in [2.75, 3.05) is 0 Å². The van der Waals surface area contributed by atoms with Crippen molar-refractivity contribution in [1.29, 1.82) is 0 Å². The molecule has 6 nitrogen and oxygen atoms in total. The van der Waals surface area contributed by atoms with Crippen LogP contribution in [0.15, 0.2) is 72.8 Å². The minimum absolute atomic E-state index is 0.0623. The highest BCUT2D eigenvalue weighted by Gasteiger charge is 2.37. The van der Waals surface area contributed by atoms with Gasteiger partial charge in [-0.3, -0.25) is 20.2 Å². The van der Waals surface area contributed by atoms with Gasteiger partial charge in [0.1, 0.15) is 11.6 Å². The van der Waals surface area contributed by atoms with Gasteiger partial charge in [0.2, 0.25) is 0 Å². The third kappa shape index (κ3) is 7.39. The molecular weight excluding hydrogens is 660 g/mol. The SMILES string of the molecule is CCC(SC(CC)c1cc(-c2ccccc2C(F)(F)F)c(F)cc1[N+](=O)[O-])c1cc(-c2ccccc2C(F)(F)F)c(F)cc1[N+](=O)[O-]. The van der Waals surface area contributed by atoms with E-state index in [1.165, 1.54) is 12.1 Å². The molecule has 47 heavy (non-hydrogen) atoms. The molecule has 248 valence electrons. The minimum atomic E-state index is -4.89. The maximum atomic E-state index is 15.2. The Labute approximate surface area is 266 Å². The van der Waals surface area contributed by atoms with E-state index >= 15 is 8.78 Å². The van der Waals surface area contributed by atoms with E-state index < -0.39 is 89.1 Å². The summed E-state index contributed by atoms with van der Waals surface area (Å²) in [5.74, 6) is -2.57. The van der Waals surface area contributed by atoms with Crippen molar-refractivity contribution in [3.05, 3.63) is 127 Å².